The van der Waals surface area contributed by atoms with Gasteiger partial charge in [0.25, 0.3) is 0 Å². The lowest BCUT2D eigenvalue weighted by atomic mass is 9.67. The first kappa shape index (κ1) is 29.9. The molecule has 11 rings (SSSR count). The average Bonchev–Trinajstić information content (AvgIpc) is 3.52. The maximum atomic E-state index is 2.57. The Bertz CT molecular complexity index is 3000. The summed E-state index contributed by atoms with van der Waals surface area (Å²) in [6, 6.07) is 76.8. The molecule has 1 aliphatic carbocycles. The lowest BCUT2D eigenvalue weighted by molar-refractivity contribution is 0.769. The fourth-order valence-electron chi connectivity index (χ4n) is 9.50. The molecule has 0 fully saturated rings. The van der Waals surface area contributed by atoms with E-state index in [1.54, 1.807) is 0 Å². The summed E-state index contributed by atoms with van der Waals surface area (Å²) in [5, 5.41) is 10.1. The number of rotatable bonds is 4. The molecule has 0 aliphatic heterocycles. The average molecular weight is 671 g/mol. The highest BCUT2D eigenvalue weighted by molar-refractivity contribution is 6.25. The molecule has 0 heterocycles. The Morgan fingerprint density at radius 1 is 0.264 bits per heavy atom. The molecular formula is C53H34. The topological polar surface area (TPSA) is 0 Å². The van der Waals surface area contributed by atoms with E-state index in [4.69, 9.17) is 0 Å². The van der Waals surface area contributed by atoms with Gasteiger partial charge in [-0.05, 0) is 117 Å². The fourth-order valence-corrected chi connectivity index (χ4v) is 9.50. The minimum atomic E-state index is -0.492. The van der Waals surface area contributed by atoms with Gasteiger partial charge in [0.15, 0.2) is 0 Å². The van der Waals surface area contributed by atoms with Crippen LogP contribution in [0.3, 0.4) is 0 Å². The molecule has 0 nitrogen and oxygen atoms in total. The summed E-state index contributed by atoms with van der Waals surface area (Å²) in [5.41, 5.74) is 12.4. The second-order valence-corrected chi connectivity index (χ2v) is 14.4. The van der Waals surface area contributed by atoms with Gasteiger partial charge in [0, 0.05) is 0 Å². The first-order chi connectivity index (χ1) is 26.3. The van der Waals surface area contributed by atoms with Gasteiger partial charge in [-0.25, -0.2) is 0 Å². The van der Waals surface area contributed by atoms with Gasteiger partial charge in [-0.1, -0.05) is 188 Å². The van der Waals surface area contributed by atoms with Crippen LogP contribution >= 0.6 is 0 Å². The molecule has 0 radical (unpaired) electrons. The summed E-state index contributed by atoms with van der Waals surface area (Å²) in [6.45, 7) is 0. The van der Waals surface area contributed by atoms with Crippen LogP contribution in [0.15, 0.2) is 206 Å². The van der Waals surface area contributed by atoms with E-state index >= 15 is 0 Å². The molecule has 0 bridgehead atoms. The number of benzene rings is 10. The Morgan fingerprint density at radius 2 is 0.811 bits per heavy atom. The van der Waals surface area contributed by atoms with E-state index in [9.17, 15) is 0 Å². The SMILES string of the molecule is c1ccc(C2(c3ccccc3)c3ccccc3-c3cc4c(-c5cccc6ccccc56)c5ccccc5c(-c5ccc6ccccc6c5)c4cc32)cc1. The molecule has 10 aromatic carbocycles. The zero-order valence-electron chi connectivity index (χ0n) is 29.1. The highest BCUT2D eigenvalue weighted by Gasteiger charge is 2.46. The predicted molar refractivity (Wildman–Crippen MR) is 225 cm³/mol. The van der Waals surface area contributed by atoms with Gasteiger partial charge in [0.05, 0.1) is 5.41 Å². The van der Waals surface area contributed by atoms with E-state index in [-0.39, 0.29) is 0 Å². The monoisotopic (exact) mass is 670 g/mol. The standard InChI is InChI=1S/C53H34/c1-3-20-39(21-4-1)53(40-22-5-2-6-23-40)49-29-14-13-25-42(49)46-33-47-48(34-50(46)53)51(38-31-30-35-16-7-8-18-37(35)32-38)44-26-11-12-27-45(44)52(47)43-28-15-19-36-17-9-10-24-41(36)43/h1-34H. The zero-order valence-corrected chi connectivity index (χ0v) is 29.1. The lowest BCUT2D eigenvalue weighted by Crippen LogP contribution is -2.28. The summed E-state index contributed by atoms with van der Waals surface area (Å²) >= 11 is 0. The van der Waals surface area contributed by atoms with Gasteiger partial charge in [-0.15, -0.1) is 0 Å². The van der Waals surface area contributed by atoms with Crippen molar-refractivity contribution in [1.82, 2.24) is 0 Å². The molecule has 0 saturated carbocycles. The van der Waals surface area contributed by atoms with Crippen LogP contribution in [0.2, 0.25) is 0 Å². The summed E-state index contributed by atoms with van der Waals surface area (Å²) in [5.74, 6) is 0. The van der Waals surface area contributed by atoms with E-state index in [0.717, 1.165) is 0 Å². The van der Waals surface area contributed by atoms with Gasteiger partial charge < -0.3 is 0 Å². The van der Waals surface area contributed by atoms with Crippen LogP contribution in [0.25, 0.3) is 76.5 Å². The number of hydrogen-bond donors (Lipinski definition) is 0. The van der Waals surface area contributed by atoms with Crippen molar-refractivity contribution in [2.75, 3.05) is 0 Å². The molecule has 246 valence electrons. The van der Waals surface area contributed by atoms with Gasteiger partial charge in [0.1, 0.15) is 0 Å². The van der Waals surface area contributed by atoms with Crippen molar-refractivity contribution in [2.24, 2.45) is 0 Å². The highest BCUT2D eigenvalue weighted by Crippen LogP contribution is 2.58. The second kappa shape index (κ2) is 11.6. The van der Waals surface area contributed by atoms with Crippen LogP contribution in [0, 0.1) is 0 Å². The van der Waals surface area contributed by atoms with Crippen molar-refractivity contribution in [3.63, 3.8) is 0 Å². The zero-order chi connectivity index (χ0) is 34.9. The first-order valence-corrected chi connectivity index (χ1v) is 18.5. The lowest BCUT2D eigenvalue weighted by Gasteiger charge is -2.34. The largest absolute Gasteiger partial charge is 0.0713 e. The summed E-state index contributed by atoms with van der Waals surface area (Å²) in [6.07, 6.45) is 0. The molecule has 0 aromatic heterocycles. The molecule has 0 amide bonds. The van der Waals surface area contributed by atoms with E-state index < -0.39 is 5.41 Å². The normalized spacial score (nSPS) is 13.1. The van der Waals surface area contributed by atoms with Crippen LogP contribution in [-0.4, -0.2) is 0 Å². The highest BCUT2D eigenvalue weighted by atomic mass is 14.5. The first-order valence-electron chi connectivity index (χ1n) is 18.5. The quantitative estimate of drug-likeness (QED) is 0.164. The Hall–Kier alpha value is -6.76. The van der Waals surface area contributed by atoms with Crippen LogP contribution in [-0.2, 0) is 5.41 Å². The van der Waals surface area contributed by atoms with Crippen molar-refractivity contribution in [2.45, 2.75) is 5.41 Å². The predicted octanol–water partition coefficient (Wildman–Crippen LogP) is 14.0. The van der Waals surface area contributed by atoms with E-state index in [1.807, 2.05) is 0 Å². The van der Waals surface area contributed by atoms with E-state index in [1.165, 1.54) is 98.7 Å². The van der Waals surface area contributed by atoms with Gasteiger partial charge >= 0.3 is 0 Å². The van der Waals surface area contributed by atoms with Crippen LogP contribution in [0.4, 0.5) is 0 Å². The molecule has 53 heavy (non-hydrogen) atoms. The van der Waals surface area contributed by atoms with Gasteiger partial charge in [-0.3, -0.25) is 0 Å². The summed E-state index contributed by atoms with van der Waals surface area (Å²) in [4.78, 5) is 0. The van der Waals surface area contributed by atoms with Crippen molar-refractivity contribution in [3.8, 4) is 33.4 Å². The maximum Gasteiger partial charge on any atom is 0.0713 e. The Balaban J connectivity index is 1.37. The van der Waals surface area contributed by atoms with Crippen molar-refractivity contribution in [3.05, 3.63) is 229 Å². The summed E-state index contributed by atoms with van der Waals surface area (Å²) < 4.78 is 0. The summed E-state index contributed by atoms with van der Waals surface area (Å²) in [7, 11) is 0. The molecule has 0 heteroatoms. The van der Waals surface area contributed by atoms with Crippen LogP contribution in [0.1, 0.15) is 22.3 Å². The van der Waals surface area contributed by atoms with E-state index in [0.29, 0.717) is 0 Å². The maximum absolute atomic E-state index is 2.57. The van der Waals surface area contributed by atoms with Crippen LogP contribution < -0.4 is 0 Å². The van der Waals surface area contributed by atoms with Gasteiger partial charge in [-0.2, -0.15) is 0 Å². The third-order valence-corrected chi connectivity index (χ3v) is 11.7. The number of fused-ring (bicyclic) bond motifs is 7. The minimum Gasteiger partial charge on any atom is -0.0622 e. The third-order valence-electron chi connectivity index (χ3n) is 11.7. The third kappa shape index (κ3) is 4.30. The molecule has 1 aliphatic rings. The molecule has 0 N–H and O–H groups in total. The van der Waals surface area contributed by atoms with E-state index in [2.05, 4.69) is 206 Å². The molecule has 0 atom stereocenters. The molecule has 0 spiro atoms. The van der Waals surface area contributed by atoms with Crippen molar-refractivity contribution >= 4 is 43.1 Å². The Kier molecular flexibility index (Phi) is 6.57. The molecule has 0 unspecified atom stereocenters. The fraction of sp³-hybridized carbons (Fsp3) is 0.0189. The second-order valence-electron chi connectivity index (χ2n) is 14.4. The Morgan fingerprint density at radius 3 is 1.57 bits per heavy atom. The minimum absolute atomic E-state index is 0.492. The van der Waals surface area contributed by atoms with Crippen molar-refractivity contribution < 1.29 is 0 Å². The Labute approximate surface area is 309 Å². The molecule has 0 saturated heterocycles. The molecular weight excluding hydrogens is 637 g/mol. The smallest absolute Gasteiger partial charge is 0.0622 e. The van der Waals surface area contributed by atoms with Crippen molar-refractivity contribution in [1.29, 1.82) is 0 Å². The van der Waals surface area contributed by atoms with Crippen LogP contribution in [0.5, 0.6) is 0 Å². The number of hydrogen-bond acceptors (Lipinski definition) is 0. The van der Waals surface area contributed by atoms with Gasteiger partial charge in [0.2, 0.25) is 0 Å². The molecule has 10 aromatic rings.